The molecular formula is C15H25N3O. The minimum atomic E-state index is 0.0918. The standard InChI is InChI=1S/C15H25N3O/c1-15(2,3)17-11-12-5-4-8-16-14(12)18(9-10-19)13-6-7-13/h4-5,8,13,17,19H,6-7,9-11H2,1-3H3. The summed E-state index contributed by atoms with van der Waals surface area (Å²) in [6.45, 7) is 8.14. The number of nitrogens with zero attached hydrogens (tertiary/aromatic N) is 2. The van der Waals surface area contributed by atoms with Gasteiger partial charge in [0.2, 0.25) is 0 Å². The number of anilines is 1. The molecule has 0 unspecified atom stereocenters. The number of aliphatic hydroxyl groups is 1. The molecule has 2 rings (SSSR count). The zero-order valence-corrected chi connectivity index (χ0v) is 12.2. The lowest BCUT2D eigenvalue weighted by atomic mass is 10.1. The third-order valence-electron chi connectivity index (χ3n) is 3.28. The van der Waals surface area contributed by atoms with Crippen molar-refractivity contribution >= 4 is 5.82 Å². The first-order valence-corrected chi connectivity index (χ1v) is 7.08. The second-order valence-electron chi connectivity index (χ2n) is 6.24. The average molecular weight is 263 g/mol. The van der Waals surface area contributed by atoms with Gasteiger partial charge in [-0.2, -0.15) is 0 Å². The van der Waals surface area contributed by atoms with Crippen molar-refractivity contribution in [2.24, 2.45) is 0 Å². The van der Waals surface area contributed by atoms with Gasteiger partial charge in [0, 0.05) is 36.4 Å². The molecule has 0 spiro atoms. The van der Waals surface area contributed by atoms with E-state index in [0.29, 0.717) is 12.6 Å². The Labute approximate surface area is 115 Å². The Morgan fingerprint density at radius 2 is 2.16 bits per heavy atom. The highest BCUT2D eigenvalue weighted by molar-refractivity contribution is 5.49. The summed E-state index contributed by atoms with van der Waals surface area (Å²) < 4.78 is 0. The molecule has 106 valence electrons. The molecule has 1 aliphatic carbocycles. The Balaban J connectivity index is 2.14. The van der Waals surface area contributed by atoms with Gasteiger partial charge in [-0.05, 0) is 39.7 Å². The molecule has 0 aromatic carbocycles. The van der Waals surface area contributed by atoms with Crippen LogP contribution >= 0.6 is 0 Å². The van der Waals surface area contributed by atoms with Crippen molar-refractivity contribution < 1.29 is 5.11 Å². The van der Waals surface area contributed by atoms with E-state index in [-0.39, 0.29) is 12.1 Å². The Hall–Kier alpha value is -1.13. The number of rotatable bonds is 6. The number of aliphatic hydroxyl groups excluding tert-OH is 1. The number of hydrogen-bond donors (Lipinski definition) is 2. The molecule has 0 bridgehead atoms. The van der Waals surface area contributed by atoms with Crippen LogP contribution in [0.5, 0.6) is 0 Å². The van der Waals surface area contributed by atoms with Crippen LogP contribution in [0, 0.1) is 0 Å². The summed E-state index contributed by atoms with van der Waals surface area (Å²) in [7, 11) is 0. The van der Waals surface area contributed by atoms with Gasteiger partial charge < -0.3 is 15.3 Å². The maximum absolute atomic E-state index is 9.24. The van der Waals surface area contributed by atoms with Gasteiger partial charge in [-0.25, -0.2) is 4.98 Å². The van der Waals surface area contributed by atoms with Crippen LogP contribution in [0.2, 0.25) is 0 Å². The van der Waals surface area contributed by atoms with Gasteiger partial charge in [0.25, 0.3) is 0 Å². The van der Waals surface area contributed by atoms with Crippen LogP contribution in [0.1, 0.15) is 39.2 Å². The molecule has 0 aliphatic heterocycles. The number of nitrogens with one attached hydrogen (secondary N) is 1. The van der Waals surface area contributed by atoms with E-state index in [1.807, 2.05) is 12.3 Å². The third kappa shape index (κ3) is 4.18. The fraction of sp³-hybridized carbons (Fsp3) is 0.667. The fourth-order valence-corrected chi connectivity index (χ4v) is 2.14. The van der Waals surface area contributed by atoms with E-state index in [0.717, 1.165) is 12.4 Å². The predicted octanol–water partition coefficient (Wildman–Crippen LogP) is 1.93. The van der Waals surface area contributed by atoms with E-state index in [9.17, 15) is 5.11 Å². The van der Waals surface area contributed by atoms with Gasteiger partial charge >= 0.3 is 0 Å². The van der Waals surface area contributed by atoms with Crippen molar-refractivity contribution in [2.75, 3.05) is 18.1 Å². The highest BCUT2D eigenvalue weighted by Crippen LogP contribution is 2.32. The molecule has 2 N–H and O–H groups in total. The highest BCUT2D eigenvalue weighted by Gasteiger charge is 2.30. The smallest absolute Gasteiger partial charge is 0.133 e. The summed E-state index contributed by atoms with van der Waals surface area (Å²) >= 11 is 0. The minimum absolute atomic E-state index is 0.0918. The first-order chi connectivity index (χ1) is 9.01. The second kappa shape index (κ2) is 5.88. The summed E-state index contributed by atoms with van der Waals surface area (Å²) in [5.41, 5.74) is 1.30. The van der Waals surface area contributed by atoms with Gasteiger partial charge in [-0.1, -0.05) is 6.07 Å². The van der Waals surface area contributed by atoms with Crippen molar-refractivity contribution in [2.45, 2.75) is 51.7 Å². The maximum atomic E-state index is 9.24. The first-order valence-electron chi connectivity index (χ1n) is 7.08. The van der Waals surface area contributed by atoms with E-state index in [1.54, 1.807) is 0 Å². The quantitative estimate of drug-likeness (QED) is 0.823. The lowest BCUT2D eigenvalue weighted by Gasteiger charge is -2.27. The van der Waals surface area contributed by atoms with Crippen LogP contribution in [-0.2, 0) is 6.54 Å². The van der Waals surface area contributed by atoms with Crippen LogP contribution in [0.25, 0.3) is 0 Å². The topological polar surface area (TPSA) is 48.4 Å². The van der Waals surface area contributed by atoms with Gasteiger partial charge in [-0.3, -0.25) is 0 Å². The molecule has 19 heavy (non-hydrogen) atoms. The van der Waals surface area contributed by atoms with Crippen molar-refractivity contribution in [3.05, 3.63) is 23.9 Å². The third-order valence-corrected chi connectivity index (χ3v) is 3.28. The molecule has 1 aromatic heterocycles. The van der Waals surface area contributed by atoms with E-state index in [1.165, 1.54) is 18.4 Å². The SMILES string of the molecule is CC(C)(C)NCc1cccnc1N(CCO)C1CC1. The van der Waals surface area contributed by atoms with Gasteiger partial charge in [0.15, 0.2) is 0 Å². The molecule has 0 radical (unpaired) electrons. The molecule has 0 atom stereocenters. The fourth-order valence-electron chi connectivity index (χ4n) is 2.14. The van der Waals surface area contributed by atoms with Crippen LogP contribution in [0.4, 0.5) is 5.82 Å². The predicted molar refractivity (Wildman–Crippen MR) is 78.3 cm³/mol. The molecule has 1 fully saturated rings. The Bertz CT molecular complexity index is 410. The molecule has 1 heterocycles. The summed E-state index contributed by atoms with van der Waals surface area (Å²) in [6, 6.07) is 4.66. The van der Waals surface area contributed by atoms with E-state index >= 15 is 0 Å². The molecule has 0 saturated heterocycles. The summed E-state index contributed by atoms with van der Waals surface area (Å²) in [4.78, 5) is 6.78. The highest BCUT2D eigenvalue weighted by atomic mass is 16.3. The Kier molecular flexibility index (Phi) is 4.42. The first kappa shape index (κ1) is 14.3. The van der Waals surface area contributed by atoms with Gasteiger partial charge in [0.1, 0.15) is 5.82 Å². The monoisotopic (exact) mass is 263 g/mol. The van der Waals surface area contributed by atoms with E-state index in [2.05, 4.69) is 42.0 Å². The van der Waals surface area contributed by atoms with Crippen LogP contribution in [-0.4, -0.2) is 34.8 Å². The zero-order chi connectivity index (χ0) is 13.9. The Morgan fingerprint density at radius 3 is 2.74 bits per heavy atom. The van der Waals surface area contributed by atoms with Gasteiger partial charge in [-0.15, -0.1) is 0 Å². The zero-order valence-electron chi connectivity index (χ0n) is 12.2. The molecule has 1 saturated carbocycles. The van der Waals surface area contributed by atoms with Gasteiger partial charge in [0.05, 0.1) is 6.61 Å². The van der Waals surface area contributed by atoms with Crippen molar-refractivity contribution in [3.63, 3.8) is 0 Å². The number of hydrogen-bond acceptors (Lipinski definition) is 4. The maximum Gasteiger partial charge on any atom is 0.133 e. The normalized spacial score (nSPS) is 15.6. The molecule has 4 nitrogen and oxygen atoms in total. The lowest BCUT2D eigenvalue weighted by molar-refractivity contribution is 0.301. The van der Waals surface area contributed by atoms with E-state index in [4.69, 9.17) is 0 Å². The molecule has 1 aromatic rings. The minimum Gasteiger partial charge on any atom is -0.395 e. The van der Waals surface area contributed by atoms with Crippen molar-refractivity contribution in [1.82, 2.24) is 10.3 Å². The lowest BCUT2D eigenvalue weighted by Crippen LogP contribution is -2.36. The summed E-state index contributed by atoms with van der Waals surface area (Å²) in [6.07, 6.45) is 4.26. The second-order valence-corrected chi connectivity index (χ2v) is 6.24. The number of aromatic nitrogens is 1. The number of pyridine rings is 1. The Morgan fingerprint density at radius 1 is 1.42 bits per heavy atom. The van der Waals surface area contributed by atoms with Crippen LogP contribution in [0.3, 0.4) is 0 Å². The molecule has 1 aliphatic rings. The average Bonchev–Trinajstić information content (AvgIpc) is 3.17. The molecular weight excluding hydrogens is 238 g/mol. The van der Waals surface area contributed by atoms with Crippen molar-refractivity contribution in [3.8, 4) is 0 Å². The summed E-state index contributed by atoms with van der Waals surface area (Å²) in [5.74, 6) is 1.02. The molecule has 4 heteroatoms. The molecule has 0 amide bonds. The largest absolute Gasteiger partial charge is 0.395 e. The van der Waals surface area contributed by atoms with Crippen LogP contribution in [0.15, 0.2) is 18.3 Å². The van der Waals surface area contributed by atoms with Crippen molar-refractivity contribution in [1.29, 1.82) is 0 Å². The summed E-state index contributed by atoms with van der Waals surface area (Å²) in [5, 5.41) is 12.7. The van der Waals surface area contributed by atoms with E-state index < -0.39 is 0 Å². The van der Waals surface area contributed by atoms with Crippen LogP contribution < -0.4 is 10.2 Å².